The Morgan fingerprint density at radius 1 is 1.67 bits per heavy atom. The van der Waals surface area contributed by atoms with Crippen LogP contribution in [0.1, 0.15) is 25.7 Å². The van der Waals surface area contributed by atoms with Crippen molar-refractivity contribution in [2.24, 2.45) is 5.92 Å². The average Bonchev–Trinajstić information content (AvgIpc) is 2.03. The first-order valence-electron chi connectivity index (χ1n) is 4.00. The summed E-state index contributed by atoms with van der Waals surface area (Å²) in [5.41, 5.74) is 0. The Hall–Kier alpha value is -0.930. The molecule has 2 atom stereocenters. The molecular weight excluding hydrogens is 163 g/mol. The molecule has 1 saturated carbocycles. The second-order valence-electron chi connectivity index (χ2n) is 3.14. The minimum atomic E-state index is -1.87. The van der Waals surface area contributed by atoms with Crippen LogP contribution in [-0.4, -0.2) is 23.0 Å². The Labute approximate surface area is 69.6 Å². The van der Waals surface area contributed by atoms with Crippen LogP contribution in [0.25, 0.3) is 0 Å². The van der Waals surface area contributed by atoms with Crippen molar-refractivity contribution in [2.45, 2.75) is 31.9 Å². The van der Waals surface area contributed by atoms with Crippen LogP contribution >= 0.6 is 0 Å². The fraction of sp³-hybridized carbons (Fsp3) is 0.750. The molecule has 1 N–H and O–H groups in total. The number of carboxylic acid groups (broad SMARTS) is 1. The first kappa shape index (κ1) is 9.16. The predicted octanol–water partition coefficient (Wildman–Crippen LogP) is 1.17. The van der Waals surface area contributed by atoms with Crippen LogP contribution in [0, 0.1) is 5.92 Å². The van der Waals surface area contributed by atoms with E-state index >= 15 is 0 Å². The van der Waals surface area contributed by atoms with Gasteiger partial charge in [0.1, 0.15) is 5.78 Å². The van der Waals surface area contributed by atoms with Crippen molar-refractivity contribution < 1.29 is 19.1 Å². The molecule has 68 valence electrons. The summed E-state index contributed by atoms with van der Waals surface area (Å²) in [6.45, 7) is 0. The van der Waals surface area contributed by atoms with E-state index in [2.05, 4.69) is 0 Å². The summed E-state index contributed by atoms with van der Waals surface area (Å²) in [6.07, 6.45) is -0.165. The van der Waals surface area contributed by atoms with E-state index in [1.165, 1.54) is 0 Å². The van der Waals surface area contributed by atoms with Crippen molar-refractivity contribution in [3.05, 3.63) is 0 Å². The van der Waals surface area contributed by atoms with Crippen LogP contribution < -0.4 is 0 Å². The molecule has 1 aliphatic rings. The summed E-state index contributed by atoms with van der Waals surface area (Å²) >= 11 is 0. The third-order valence-electron chi connectivity index (χ3n) is 2.17. The molecule has 1 rings (SSSR count). The van der Waals surface area contributed by atoms with Crippen molar-refractivity contribution in [1.82, 2.24) is 0 Å². The number of Topliss-reactive ketones (excluding diaryl/α,β-unsaturated/α-hetero) is 1. The summed E-state index contributed by atoms with van der Waals surface area (Å²) in [7, 11) is 0. The zero-order chi connectivity index (χ0) is 9.14. The summed E-state index contributed by atoms with van der Waals surface area (Å²) < 4.78 is 12.8. The van der Waals surface area contributed by atoms with Crippen molar-refractivity contribution in [2.75, 3.05) is 0 Å². The number of carbonyl (C=O) groups is 2. The molecular formula is C8H11FO3. The topological polar surface area (TPSA) is 54.4 Å². The zero-order valence-electron chi connectivity index (χ0n) is 6.62. The van der Waals surface area contributed by atoms with Gasteiger partial charge in [-0.2, -0.15) is 0 Å². The molecule has 0 amide bonds. The van der Waals surface area contributed by atoms with E-state index in [-0.39, 0.29) is 12.2 Å². The highest BCUT2D eigenvalue weighted by Crippen LogP contribution is 2.26. The van der Waals surface area contributed by atoms with E-state index in [1.54, 1.807) is 0 Å². The van der Waals surface area contributed by atoms with E-state index in [9.17, 15) is 14.0 Å². The maximum Gasteiger partial charge on any atom is 0.338 e. The van der Waals surface area contributed by atoms with Crippen LogP contribution in [0.5, 0.6) is 0 Å². The number of ketones is 1. The quantitative estimate of drug-likeness (QED) is 0.683. The molecule has 0 aliphatic heterocycles. The molecule has 0 bridgehead atoms. The van der Waals surface area contributed by atoms with Gasteiger partial charge in [-0.3, -0.25) is 4.79 Å². The highest BCUT2D eigenvalue weighted by atomic mass is 19.1. The zero-order valence-corrected chi connectivity index (χ0v) is 6.62. The largest absolute Gasteiger partial charge is 0.479 e. The van der Waals surface area contributed by atoms with Gasteiger partial charge >= 0.3 is 5.97 Å². The molecule has 0 aromatic rings. The van der Waals surface area contributed by atoms with Gasteiger partial charge in [0.05, 0.1) is 0 Å². The number of alkyl halides is 1. The van der Waals surface area contributed by atoms with Crippen LogP contribution in [0.15, 0.2) is 0 Å². The minimum absolute atomic E-state index is 0.0184. The first-order valence-corrected chi connectivity index (χ1v) is 4.00. The SMILES string of the molecule is O=C1CCCC(C(F)C(=O)O)C1. The van der Waals surface area contributed by atoms with Crippen LogP contribution in [0.2, 0.25) is 0 Å². The Bertz CT molecular complexity index is 200. The molecule has 1 aliphatic carbocycles. The van der Waals surface area contributed by atoms with Crippen LogP contribution in [0.4, 0.5) is 4.39 Å². The second-order valence-corrected chi connectivity index (χ2v) is 3.14. The number of carboxylic acids is 1. The first-order chi connectivity index (χ1) is 5.61. The Morgan fingerprint density at radius 2 is 2.33 bits per heavy atom. The number of aliphatic carboxylic acids is 1. The summed E-state index contributed by atoms with van der Waals surface area (Å²) in [5, 5.41) is 8.33. The molecule has 0 spiro atoms. The fourth-order valence-electron chi connectivity index (χ4n) is 1.51. The number of rotatable bonds is 2. The van der Waals surface area contributed by atoms with Crippen molar-refractivity contribution in [3.63, 3.8) is 0 Å². The second kappa shape index (κ2) is 3.65. The molecule has 0 heterocycles. The van der Waals surface area contributed by atoms with Gasteiger partial charge in [0.15, 0.2) is 6.17 Å². The van der Waals surface area contributed by atoms with E-state index in [4.69, 9.17) is 5.11 Å². The maximum atomic E-state index is 12.8. The number of carbonyl (C=O) groups excluding carboxylic acids is 1. The summed E-state index contributed by atoms with van der Waals surface area (Å²) in [4.78, 5) is 21.1. The van der Waals surface area contributed by atoms with Crippen molar-refractivity contribution >= 4 is 11.8 Å². The summed E-state index contributed by atoms with van der Waals surface area (Å²) in [5.74, 6) is -2.06. The number of halogens is 1. The molecule has 0 saturated heterocycles. The molecule has 12 heavy (non-hydrogen) atoms. The number of hydrogen-bond acceptors (Lipinski definition) is 2. The van der Waals surface area contributed by atoms with E-state index in [1.807, 2.05) is 0 Å². The molecule has 1 fully saturated rings. The lowest BCUT2D eigenvalue weighted by Crippen LogP contribution is -2.29. The van der Waals surface area contributed by atoms with Gasteiger partial charge in [0.25, 0.3) is 0 Å². The Kier molecular flexibility index (Phi) is 2.78. The lowest BCUT2D eigenvalue weighted by molar-refractivity contribution is -0.145. The third-order valence-corrected chi connectivity index (χ3v) is 2.17. The standard InChI is InChI=1S/C8H11FO3/c9-7(8(11)12)5-2-1-3-6(10)4-5/h5,7H,1-4H2,(H,11,12). The average molecular weight is 174 g/mol. The smallest absolute Gasteiger partial charge is 0.338 e. The van der Waals surface area contributed by atoms with Crippen LogP contribution in [0.3, 0.4) is 0 Å². The Balaban J connectivity index is 2.51. The van der Waals surface area contributed by atoms with Gasteiger partial charge in [-0.05, 0) is 12.8 Å². The predicted molar refractivity (Wildman–Crippen MR) is 39.5 cm³/mol. The van der Waals surface area contributed by atoms with Crippen LogP contribution in [-0.2, 0) is 9.59 Å². The van der Waals surface area contributed by atoms with Crippen molar-refractivity contribution in [1.29, 1.82) is 0 Å². The fourth-order valence-corrected chi connectivity index (χ4v) is 1.51. The van der Waals surface area contributed by atoms with E-state index < -0.39 is 18.1 Å². The lowest BCUT2D eigenvalue weighted by atomic mass is 9.85. The molecule has 0 aromatic carbocycles. The maximum absolute atomic E-state index is 12.8. The van der Waals surface area contributed by atoms with Gasteiger partial charge in [0.2, 0.25) is 0 Å². The van der Waals surface area contributed by atoms with Crippen molar-refractivity contribution in [3.8, 4) is 0 Å². The molecule has 0 radical (unpaired) electrons. The van der Waals surface area contributed by atoms with Gasteiger partial charge in [-0.1, -0.05) is 0 Å². The van der Waals surface area contributed by atoms with E-state index in [0.29, 0.717) is 19.3 Å². The third kappa shape index (κ3) is 2.03. The highest BCUT2D eigenvalue weighted by Gasteiger charge is 2.31. The molecule has 4 heteroatoms. The summed E-state index contributed by atoms with van der Waals surface area (Å²) in [6, 6.07) is 0. The molecule has 3 nitrogen and oxygen atoms in total. The minimum Gasteiger partial charge on any atom is -0.479 e. The van der Waals surface area contributed by atoms with Gasteiger partial charge in [0, 0.05) is 18.8 Å². The number of hydrogen-bond donors (Lipinski definition) is 1. The monoisotopic (exact) mass is 174 g/mol. The lowest BCUT2D eigenvalue weighted by Gasteiger charge is -2.21. The Morgan fingerprint density at radius 3 is 2.83 bits per heavy atom. The van der Waals surface area contributed by atoms with E-state index in [0.717, 1.165) is 0 Å². The van der Waals surface area contributed by atoms with Gasteiger partial charge in [-0.25, -0.2) is 9.18 Å². The van der Waals surface area contributed by atoms with Gasteiger partial charge < -0.3 is 5.11 Å². The van der Waals surface area contributed by atoms with Gasteiger partial charge in [-0.15, -0.1) is 0 Å². The molecule has 0 aromatic heterocycles. The normalized spacial score (nSPS) is 26.8. The highest BCUT2D eigenvalue weighted by molar-refractivity contribution is 5.81. The molecule has 2 unspecified atom stereocenters.